The molecule has 1 unspecified atom stereocenters. The molecule has 92 valence electrons. The van der Waals surface area contributed by atoms with Gasteiger partial charge in [0.15, 0.2) is 0 Å². The molecule has 0 radical (unpaired) electrons. The molecule has 2 aliphatic rings. The largest absolute Gasteiger partial charge is 0.315 e. The van der Waals surface area contributed by atoms with Gasteiger partial charge in [-0.2, -0.15) is 4.62 Å². The Morgan fingerprint density at radius 1 is 0.824 bits per heavy atom. The van der Waals surface area contributed by atoms with Crippen LogP contribution in [-0.4, -0.2) is 33.4 Å². The fraction of sp³-hybridized carbons (Fsp3) is 0.500. The van der Waals surface area contributed by atoms with Crippen molar-refractivity contribution in [2.45, 2.75) is 25.7 Å². The Kier molecular flexibility index (Phi) is 3.08. The van der Waals surface area contributed by atoms with E-state index in [-0.39, 0.29) is 25.7 Å². The Morgan fingerprint density at radius 2 is 1.24 bits per heavy atom. The van der Waals surface area contributed by atoms with E-state index < -0.39 is 31.8 Å². The number of rotatable bonds is 3. The highest BCUT2D eigenvalue weighted by atomic mass is 31.1. The molecule has 2 fully saturated rings. The summed E-state index contributed by atoms with van der Waals surface area (Å²) in [6.45, 7) is 0. The van der Waals surface area contributed by atoms with Gasteiger partial charge in [-0.05, 0) is 0 Å². The summed E-state index contributed by atoms with van der Waals surface area (Å²) in [5.74, 6) is -2.46. The van der Waals surface area contributed by atoms with Gasteiger partial charge in [0.25, 0.3) is 11.8 Å². The maximum absolute atomic E-state index is 11.6. The standard InChI is InChI=1S/C8H9N2O6P/c11-5-1-2-6(12)9(5)16-17(15)10-7(13)3-4-8(10)14/h17H,1-4H2. The Hall–Kier alpha value is -1.53. The van der Waals surface area contributed by atoms with E-state index in [2.05, 4.69) is 4.62 Å². The van der Waals surface area contributed by atoms with Gasteiger partial charge in [0.2, 0.25) is 11.8 Å². The lowest BCUT2D eigenvalue weighted by molar-refractivity contribution is -0.165. The second-order valence-electron chi connectivity index (χ2n) is 3.56. The minimum Gasteiger partial charge on any atom is -0.274 e. The molecule has 1 atom stereocenters. The first-order valence-corrected chi connectivity index (χ1v) is 6.20. The summed E-state index contributed by atoms with van der Waals surface area (Å²) in [7, 11) is -3.24. The predicted octanol–water partition coefficient (Wildman–Crippen LogP) is -0.394. The van der Waals surface area contributed by atoms with Gasteiger partial charge in [-0.3, -0.25) is 23.7 Å². The van der Waals surface area contributed by atoms with E-state index in [1.54, 1.807) is 0 Å². The monoisotopic (exact) mass is 260 g/mol. The molecule has 2 aliphatic heterocycles. The Morgan fingerprint density at radius 3 is 1.71 bits per heavy atom. The first kappa shape index (κ1) is 11.9. The SMILES string of the molecule is O=C1CCC(=O)N1O[PH](=O)N1C(=O)CCC1=O. The van der Waals surface area contributed by atoms with Crippen molar-refractivity contribution < 1.29 is 28.4 Å². The summed E-state index contributed by atoms with van der Waals surface area (Å²) < 4.78 is 16.7. The maximum atomic E-state index is 11.6. The van der Waals surface area contributed by atoms with Crippen molar-refractivity contribution in [1.82, 2.24) is 9.73 Å². The molecule has 0 bridgehead atoms. The first-order valence-electron chi connectivity index (χ1n) is 4.94. The molecule has 0 aromatic rings. The summed E-state index contributed by atoms with van der Waals surface area (Å²) >= 11 is 0. The molecule has 0 N–H and O–H groups in total. The summed E-state index contributed by atoms with van der Waals surface area (Å²) in [6.07, 6.45) is -0.0905. The lowest BCUT2D eigenvalue weighted by Crippen LogP contribution is -2.30. The second-order valence-corrected chi connectivity index (χ2v) is 4.72. The zero-order valence-corrected chi connectivity index (χ0v) is 9.67. The molecule has 0 aromatic carbocycles. The molecular weight excluding hydrogens is 251 g/mol. The van der Waals surface area contributed by atoms with Crippen LogP contribution in [0.2, 0.25) is 0 Å². The van der Waals surface area contributed by atoms with Crippen LogP contribution < -0.4 is 0 Å². The first-order chi connectivity index (χ1) is 8.00. The van der Waals surface area contributed by atoms with Crippen LogP contribution in [0.3, 0.4) is 0 Å². The van der Waals surface area contributed by atoms with Crippen LogP contribution in [0.4, 0.5) is 0 Å². The molecule has 4 amide bonds. The van der Waals surface area contributed by atoms with Gasteiger partial charge in [0.05, 0.1) is 0 Å². The van der Waals surface area contributed by atoms with E-state index in [0.717, 1.165) is 0 Å². The topological polar surface area (TPSA) is 101 Å². The van der Waals surface area contributed by atoms with Crippen LogP contribution in [0.25, 0.3) is 0 Å². The third kappa shape index (κ3) is 2.13. The van der Waals surface area contributed by atoms with Crippen LogP contribution in [0, 0.1) is 0 Å². The number of carbonyl (C=O) groups is 4. The van der Waals surface area contributed by atoms with E-state index in [4.69, 9.17) is 0 Å². The Labute approximate surface area is 96.4 Å². The summed E-state index contributed by atoms with van der Waals surface area (Å²) in [5, 5.41) is 0.375. The molecule has 0 aromatic heterocycles. The van der Waals surface area contributed by atoms with E-state index >= 15 is 0 Å². The molecular formula is C8H9N2O6P. The van der Waals surface area contributed by atoms with Crippen LogP contribution in [-0.2, 0) is 28.4 Å². The molecule has 2 saturated heterocycles. The normalized spacial score (nSPS) is 22.8. The van der Waals surface area contributed by atoms with E-state index in [9.17, 15) is 23.7 Å². The third-order valence-electron chi connectivity index (χ3n) is 2.41. The molecule has 0 spiro atoms. The number of hydrogen-bond donors (Lipinski definition) is 0. The van der Waals surface area contributed by atoms with Crippen LogP contribution >= 0.6 is 8.18 Å². The number of imide groups is 2. The summed E-state index contributed by atoms with van der Waals surface area (Å²) in [6, 6.07) is 0. The molecule has 2 rings (SSSR count). The molecule has 2 heterocycles. The molecule has 17 heavy (non-hydrogen) atoms. The van der Waals surface area contributed by atoms with Crippen molar-refractivity contribution in [2.75, 3.05) is 0 Å². The van der Waals surface area contributed by atoms with Crippen molar-refractivity contribution in [2.24, 2.45) is 0 Å². The number of hydrogen-bond acceptors (Lipinski definition) is 6. The van der Waals surface area contributed by atoms with Crippen molar-refractivity contribution in [3.8, 4) is 0 Å². The number of nitrogens with zero attached hydrogens (tertiary/aromatic N) is 2. The highest BCUT2D eigenvalue weighted by molar-refractivity contribution is 7.38. The minimum absolute atomic E-state index is 0.0180. The van der Waals surface area contributed by atoms with Crippen molar-refractivity contribution >= 4 is 31.8 Å². The molecule has 8 nitrogen and oxygen atoms in total. The Balaban J connectivity index is 2.06. The lowest BCUT2D eigenvalue weighted by Gasteiger charge is -2.17. The van der Waals surface area contributed by atoms with E-state index in [0.29, 0.717) is 9.73 Å². The fourth-order valence-corrected chi connectivity index (χ4v) is 2.63. The van der Waals surface area contributed by atoms with Gasteiger partial charge in [0, 0.05) is 25.7 Å². The third-order valence-corrected chi connectivity index (χ3v) is 3.61. The van der Waals surface area contributed by atoms with Gasteiger partial charge < -0.3 is 0 Å². The number of amides is 4. The quantitative estimate of drug-likeness (QED) is 0.505. The van der Waals surface area contributed by atoms with Crippen LogP contribution in [0.5, 0.6) is 0 Å². The van der Waals surface area contributed by atoms with Gasteiger partial charge in [0.1, 0.15) is 0 Å². The number of carbonyl (C=O) groups excluding carboxylic acids is 4. The zero-order chi connectivity index (χ0) is 12.6. The average molecular weight is 260 g/mol. The maximum Gasteiger partial charge on any atom is 0.315 e. The molecule has 9 heteroatoms. The van der Waals surface area contributed by atoms with Crippen LogP contribution in [0.15, 0.2) is 0 Å². The smallest absolute Gasteiger partial charge is 0.274 e. The van der Waals surface area contributed by atoms with Gasteiger partial charge in [-0.15, -0.1) is 5.06 Å². The summed E-state index contributed by atoms with van der Waals surface area (Å²) in [4.78, 5) is 44.8. The fourth-order valence-electron chi connectivity index (χ4n) is 1.56. The highest BCUT2D eigenvalue weighted by Crippen LogP contribution is 2.36. The highest BCUT2D eigenvalue weighted by Gasteiger charge is 2.38. The van der Waals surface area contributed by atoms with Crippen molar-refractivity contribution in [3.63, 3.8) is 0 Å². The minimum atomic E-state index is -3.24. The summed E-state index contributed by atoms with van der Waals surface area (Å²) in [5.41, 5.74) is 0. The van der Waals surface area contributed by atoms with E-state index in [1.165, 1.54) is 0 Å². The zero-order valence-electron chi connectivity index (χ0n) is 8.67. The van der Waals surface area contributed by atoms with Gasteiger partial charge in [-0.25, -0.2) is 4.67 Å². The number of hydroxylamine groups is 2. The van der Waals surface area contributed by atoms with Crippen molar-refractivity contribution in [3.05, 3.63) is 0 Å². The lowest BCUT2D eigenvalue weighted by atomic mass is 10.4. The second kappa shape index (κ2) is 4.38. The van der Waals surface area contributed by atoms with Crippen molar-refractivity contribution in [1.29, 1.82) is 0 Å². The van der Waals surface area contributed by atoms with Gasteiger partial charge in [-0.1, -0.05) is 0 Å². The van der Waals surface area contributed by atoms with E-state index in [1.807, 2.05) is 0 Å². The molecule has 0 aliphatic carbocycles. The average Bonchev–Trinajstić information content (AvgIpc) is 2.75. The predicted molar refractivity (Wildman–Crippen MR) is 52.3 cm³/mol. The van der Waals surface area contributed by atoms with Gasteiger partial charge >= 0.3 is 8.18 Å². The van der Waals surface area contributed by atoms with Crippen LogP contribution in [0.1, 0.15) is 25.7 Å². The Bertz CT molecular complexity index is 415. The molecule has 0 saturated carbocycles.